The standard InChI is InChI=1S/C25H33N3O3/c1-5-6-7-12-20-13-14-21(17-26-20)28(24(30)31-25(2,3)4)23(29)22-15-18-10-8-9-11-19(18)16-27-22/h8-11,13-14,17,22,27H,5-7,12,15-16H2,1-4H3/t22-/m0/s1. The molecule has 2 heterocycles. The van der Waals surface area contributed by atoms with E-state index >= 15 is 0 Å². The number of aromatic nitrogens is 1. The van der Waals surface area contributed by atoms with Crippen LogP contribution in [0.25, 0.3) is 0 Å². The van der Waals surface area contributed by atoms with Crippen molar-refractivity contribution in [2.45, 2.75) is 78.0 Å². The van der Waals surface area contributed by atoms with Gasteiger partial charge < -0.3 is 10.1 Å². The molecule has 1 aliphatic rings. The number of hydrogen-bond acceptors (Lipinski definition) is 5. The third kappa shape index (κ3) is 6.14. The zero-order valence-electron chi connectivity index (χ0n) is 19.0. The molecule has 1 N–H and O–H groups in total. The van der Waals surface area contributed by atoms with E-state index in [0.717, 1.165) is 41.8 Å². The van der Waals surface area contributed by atoms with Crippen molar-refractivity contribution in [3.8, 4) is 0 Å². The fraction of sp³-hybridized carbons (Fsp3) is 0.480. The summed E-state index contributed by atoms with van der Waals surface area (Å²) in [5, 5.41) is 3.27. The number of carbonyl (C=O) groups excluding carboxylic acids is 2. The SMILES string of the molecule is CCCCCc1ccc(N(C(=O)OC(C)(C)C)C(=O)[C@@H]2Cc3ccccc3CN2)cn1. The second-order valence-electron chi connectivity index (χ2n) is 9.03. The van der Waals surface area contributed by atoms with Gasteiger partial charge in [-0.1, -0.05) is 44.0 Å². The van der Waals surface area contributed by atoms with E-state index in [9.17, 15) is 9.59 Å². The first-order valence-electron chi connectivity index (χ1n) is 11.1. The molecular weight excluding hydrogens is 390 g/mol. The summed E-state index contributed by atoms with van der Waals surface area (Å²) in [4.78, 5) is 32.1. The lowest BCUT2D eigenvalue weighted by Gasteiger charge is -2.31. The van der Waals surface area contributed by atoms with Crippen LogP contribution in [-0.4, -0.2) is 28.6 Å². The zero-order chi connectivity index (χ0) is 22.4. The van der Waals surface area contributed by atoms with Gasteiger partial charge in [-0.2, -0.15) is 0 Å². The molecule has 2 amide bonds. The average molecular weight is 424 g/mol. The Labute approximate surface area is 185 Å². The molecule has 0 bridgehead atoms. The maximum Gasteiger partial charge on any atom is 0.421 e. The molecule has 2 aromatic rings. The van der Waals surface area contributed by atoms with Crippen molar-refractivity contribution in [3.63, 3.8) is 0 Å². The lowest BCUT2D eigenvalue weighted by Crippen LogP contribution is -2.52. The maximum absolute atomic E-state index is 13.5. The van der Waals surface area contributed by atoms with Gasteiger partial charge in [0.05, 0.1) is 17.9 Å². The van der Waals surface area contributed by atoms with Gasteiger partial charge in [0.1, 0.15) is 5.60 Å². The number of pyridine rings is 1. The van der Waals surface area contributed by atoms with Crippen LogP contribution in [0, 0.1) is 0 Å². The van der Waals surface area contributed by atoms with Gasteiger partial charge in [-0.25, -0.2) is 9.69 Å². The summed E-state index contributed by atoms with van der Waals surface area (Å²) in [6.45, 7) is 8.12. The predicted octanol–water partition coefficient (Wildman–Crippen LogP) is 4.80. The van der Waals surface area contributed by atoms with Crippen molar-refractivity contribution in [3.05, 3.63) is 59.4 Å². The summed E-state index contributed by atoms with van der Waals surface area (Å²) in [6.07, 6.45) is 5.70. The molecule has 0 unspecified atom stereocenters. The van der Waals surface area contributed by atoms with E-state index in [1.165, 1.54) is 5.56 Å². The molecule has 1 aromatic carbocycles. The van der Waals surface area contributed by atoms with Crippen LogP contribution >= 0.6 is 0 Å². The zero-order valence-corrected chi connectivity index (χ0v) is 19.0. The molecule has 3 rings (SSSR count). The number of imide groups is 1. The van der Waals surface area contributed by atoms with Crippen LogP contribution in [0.5, 0.6) is 0 Å². The number of nitrogens with zero attached hydrogens (tertiary/aromatic N) is 2. The molecule has 1 aromatic heterocycles. The van der Waals surface area contributed by atoms with Gasteiger partial charge in [-0.05, 0) is 63.3 Å². The van der Waals surface area contributed by atoms with Crippen molar-refractivity contribution >= 4 is 17.7 Å². The Morgan fingerprint density at radius 3 is 2.52 bits per heavy atom. The fourth-order valence-electron chi connectivity index (χ4n) is 3.67. The quantitative estimate of drug-likeness (QED) is 0.676. The van der Waals surface area contributed by atoms with Gasteiger partial charge >= 0.3 is 6.09 Å². The van der Waals surface area contributed by atoms with Crippen LogP contribution in [0.15, 0.2) is 42.6 Å². The molecule has 1 aliphatic heterocycles. The van der Waals surface area contributed by atoms with Crippen LogP contribution in [0.3, 0.4) is 0 Å². The minimum absolute atomic E-state index is 0.329. The Balaban J connectivity index is 1.83. The number of rotatable bonds is 6. The second-order valence-corrected chi connectivity index (χ2v) is 9.03. The first-order chi connectivity index (χ1) is 14.8. The van der Waals surface area contributed by atoms with E-state index < -0.39 is 17.7 Å². The monoisotopic (exact) mass is 423 g/mol. The molecule has 0 radical (unpaired) electrons. The van der Waals surface area contributed by atoms with Crippen molar-refractivity contribution in [2.75, 3.05) is 4.90 Å². The number of hydrogen-bond donors (Lipinski definition) is 1. The van der Waals surface area contributed by atoms with Crippen LogP contribution in [0.1, 0.15) is 63.8 Å². The molecule has 6 heteroatoms. The number of fused-ring (bicyclic) bond motifs is 1. The Morgan fingerprint density at radius 2 is 1.87 bits per heavy atom. The van der Waals surface area contributed by atoms with Crippen LogP contribution in [-0.2, 0) is 28.9 Å². The Kier molecular flexibility index (Phi) is 7.44. The number of amides is 2. The van der Waals surface area contributed by atoms with Crippen LogP contribution in [0.2, 0.25) is 0 Å². The average Bonchev–Trinajstić information content (AvgIpc) is 2.73. The summed E-state index contributed by atoms with van der Waals surface area (Å²) in [5.41, 5.74) is 2.97. The smallest absolute Gasteiger partial charge is 0.421 e. The van der Waals surface area contributed by atoms with Gasteiger partial charge in [-0.3, -0.25) is 9.78 Å². The molecule has 0 saturated carbocycles. The predicted molar refractivity (Wildman–Crippen MR) is 122 cm³/mol. The Bertz CT molecular complexity index is 903. The van der Waals surface area contributed by atoms with Crippen molar-refractivity contribution in [1.82, 2.24) is 10.3 Å². The van der Waals surface area contributed by atoms with E-state index in [2.05, 4.69) is 23.3 Å². The third-order valence-electron chi connectivity index (χ3n) is 5.28. The highest BCUT2D eigenvalue weighted by molar-refractivity contribution is 6.14. The topological polar surface area (TPSA) is 71.5 Å². The van der Waals surface area contributed by atoms with Crippen LogP contribution in [0.4, 0.5) is 10.5 Å². The molecular formula is C25H33N3O3. The van der Waals surface area contributed by atoms with Gasteiger partial charge in [0.15, 0.2) is 0 Å². The number of nitrogens with one attached hydrogen (secondary N) is 1. The summed E-state index contributed by atoms with van der Waals surface area (Å²) in [5.74, 6) is -0.329. The highest BCUT2D eigenvalue weighted by Crippen LogP contribution is 2.23. The largest absolute Gasteiger partial charge is 0.443 e. The Hall–Kier alpha value is -2.73. The normalized spacial score (nSPS) is 15.8. The van der Waals surface area contributed by atoms with Gasteiger partial charge in [-0.15, -0.1) is 0 Å². The number of benzene rings is 1. The molecule has 6 nitrogen and oxygen atoms in total. The van der Waals surface area contributed by atoms with Gasteiger partial charge in [0.25, 0.3) is 5.91 Å². The summed E-state index contributed by atoms with van der Waals surface area (Å²) < 4.78 is 5.56. The Morgan fingerprint density at radius 1 is 1.13 bits per heavy atom. The highest BCUT2D eigenvalue weighted by Gasteiger charge is 2.35. The number of anilines is 1. The molecule has 31 heavy (non-hydrogen) atoms. The highest BCUT2D eigenvalue weighted by atomic mass is 16.6. The first-order valence-corrected chi connectivity index (χ1v) is 11.1. The maximum atomic E-state index is 13.5. The molecule has 0 aliphatic carbocycles. The van der Waals surface area contributed by atoms with Crippen LogP contribution < -0.4 is 10.2 Å². The van der Waals surface area contributed by atoms with Crippen molar-refractivity contribution in [1.29, 1.82) is 0 Å². The fourth-order valence-corrected chi connectivity index (χ4v) is 3.67. The summed E-state index contributed by atoms with van der Waals surface area (Å²) in [6, 6.07) is 11.2. The summed E-state index contributed by atoms with van der Waals surface area (Å²) >= 11 is 0. The number of ether oxygens (including phenoxy) is 1. The lowest BCUT2D eigenvalue weighted by molar-refractivity contribution is -0.120. The van der Waals surface area contributed by atoms with E-state index in [0.29, 0.717) is 18.7 Å². The van der Waals surface area contributed by atoms with Gasteiger partial charge in [0.2, 0.25) is 0 Å². The molecule has 0 fully saturated rings. The molecule has 0 spiro atoms. The lowest BCUT2D eigenvalue weighted by atomic mass is 9.95. The van der Waals surface area contributed by atoms with Crippen molar-refractivity contribution in [2.24, 2.45) is 0 Å². The van der Waals surface area contributed by atoms with E-state index in [1.807, 2.05) is 24.3 Å². The number of aryl methyl sites for hydroxylation is 1. The molecule has 1 atom stereocenters. The molecule has 166 valence electrons. The molecule has 0 saturated heterocycles. The second kappa shape index (κ2) is 10.1. The van der Waals surface area contributed by atoms with E-state index in [1.54, 1.807) is 33.0 Å². The summed E-state index contributed by atoms with van der Waals surface area (Å²) in [7, 11) is 0. The van der Waals surface area contributed by atoms with E-state index in [-0.39, 0.29) is 5.91 Å². The first kappa shape index (κ1) is 22.9. The minimum atomic E-state index is -0.713. The third-order valence-corrected chi connectivity index (χ3v) is 5.28. The van der Waals surface area contributed by atoms with Gasteiger partial charge in [0, 0.05) is 12.2 Å². The minimum Gasteiger partial charge on any atom is -0.443 e. The van der Waals surface area contributed by atoms with Crippen molar-refractivity contribution < 1.29 is 14.3 Å². The van der Waals surface area contributed by atoms with E-state index in [4.69, 9.17) is 4.74 Å². The number of unbranched alkanes of at least 4 members (excludes halogenated alkanes) is 2. The number of carbonyl (C=O) groups is 2.